The Bertz CT molecular complexity index is 718. The van der Waals surface area contributed by atoms with Gasteiger partial charge in [0.15, 0.2) is 6.10 Å². The molecule has 0 spiro atoms. The van der Waals surface area contributed by atoms with E-state index in [9.17, 15) is 4.79 Å². The molecule has 5 heteroatoms. The fraction of sp³-hybridized carbons (Fsp3) is 0.381. The average molecular weight is 354 g/mol. The van der Waals surface area contributed by atoms with Crippen molar-refractivity contribution in [2.45, 2.75) is 31.5 Å². The lowest BCUT2D eigenvalue weighted by Gasteiger charge is -2.17. The third kappa shape index (κ3) is 4.42. The number of benzene rings is 2. The average Bonchev–Trinajstić information content (AvgIpc) is 3.03. The summed E-state index contributed by atoms with van der Waals surface area (Å²) >= 11 is 0. The molecule has 1 saturated heterocycles. The Balaban J connectivity index is 1.57. The quantitative estimate of drug-likeness (QED) is 0.808. The lowest BCUT2D eigenvalue weighted by atomic mass is 9.95. The number of ether oxygens (including phenoxy) is 2. The van der Waals surface area contributed by atoms with Gasteiger partial charge >= 0.3 is 5.97 Å². The molecule has 0 bridgehead atoms. The number of rotatable bonds is 6. The number of hydrogen-bond donors (Lipinski definition) is 1. The summed E-state index contributed by atoms with van der Waals surface area (Å²) in [4.78, 5) is 13.8. The molecule has 1 aliphatic rings. The molecule has 5 nitrogen and oxygen atoms in total. The molecule has 0 amide bonds. The number of hydrogen-bond acceptors (Lipinski definition) is 5. The zero-order valence-corrected chi connectivity index (χ0v) is 15.3. The highest BCUT2D eigenvalue weighted by molar-refractivity contribution is 5.74. The molecule has 1 unspecified atom stereocenters. The summed E-state index contributed by atoms with van der Waals surface area (Å²) in [7, 11) is 1.36. The number of likely N-dealkylation sites (tertiary alicyclic amines) is 1. The Hall–Kier alpha value is -2.37. The van der Waals surface area contributed by atoms with E-state index in [0.29, 0.717) is 11.7 Å². The lowest BCUT2D eigenvalue weighted by Crippen LogP contribution is -2.28. The minimum atomic E-state index is -0.617. The van der Waals surface area contributed by atoms with E-state index in [1.165, 1.54) is 18.2 Å². The van der Waals surface area contributed by atoms with E-state index < -0.39 is 6.10 Å². The minimum Gasteiger partial charge on any atom is -0.479 e. The monoisotopic (exact) mass is 354 g/mol. The molecule has 1 aliphatic heterocycles. The summed E-state index contributed by atoms with van der Waals surface area (Å²) in [5.74, 6) is 0.652. The smallest absolute Gasteiger partial charge is 0.346 e. The molecule has 2 N–H and O–H groups in total. The molecule has 0 aromatic heterocycles. The van der Waals surface area contributed by atoms with Gasteiger partial charge in [0.2, 0.25) is 0 Å². The second kappa shape index (κ2) is 8.34. The highest BCUT2D eigenvalue weighted by Gasteiger charge is 2.30. The summed E-state index contributed by atoms with van der Waals surface area (Å²) in [6.07, 6.45) is -0.617. The lowest BCUT2D eigenvalue weighted by molar-refractivity contribution is -0.147. The highest BCUT2D eigenvalue weighted by Crippen LogP contribution is 2.27. The van der Waals surface area contributed by atoms with Crippen LogP contribution in [0.1, 0.15) is 24.0 Å². The van der Waals surface area contributed by atoms with Gasteiger partial charge in [-0.3, -0.25) is 4.90 Å². The van der Waals surface area contributed by atoms with E-state index in [1.807, 2.05) is 30.3 Å². The Morgan fingerprint density at radius 1 is 1.15 bits per heavy atom. The topological polar surface area (TPSA) is 64.8 Å². The Kier molecular flexibility index (Phi) is 5.91. The second-order valence-electron chi connectivity index (χ2n) is 6.80. The molecule has 3 atom stereocenters. The molecule has 0 saturated carbocycles. The molecule has 3 rings (SSSR count). The first-order valence-corrected chi connectivity index (χ1v) is 8.93. The number of carbonyl (C=O) groups is 1. The maximum absolute atomic E-state index is 11.4. The molecule has 138 valence electrons. The van der Waals surface area contributed by atoms with Crippen LogP contribution in [0.3, 0.4) is 0 Å². The van der Waals surface area contributed by atoms with Gasteiger partial charge in [-0.2, -0.15) is 0 Å². The second-order valence-corrected chi connectivity index (χ2v) is 6.80. The molecule has 2 aromatic rings. The number of carbonyl (C=O) groups excluding carboxylic acids is 1. The van der Waals surface area contributed by atoms with Gasteiger partial charge in [0.05, 0.1) is 7.11 Å². The van der Waals surface area contributed by atoms with Crippen molar-refractivity contribution in [3.8, 4) is 5.75 Å². The van der Waals surface area contributed by atoms with Crippen molar-refractivity contribution in [2.75, 3.05) is 20.2 Å². The van der Waals surface area contributed by atoms with E-state index in [1.54, 1.807) is 6.92 Å². The van der Waals surface area contributed by atoms with Crippen molar-refractivity contribution in [2.24, 2.45) is 5.73 Å². The highest BCUT2D eigenvalue weighted by atomic mass is 16.6. The van der Waals surface area contributed by atoms with Crippen LogP contribution in [0.4, 0.5) is 0 Å². The van der Waals surface area contributed by atoms with Crippen molar-refractivity contribution in [1.82, 2.24) is 4.90 Å². The van der Waals surface area contributed by atoms with Crippen LogP contribution in [0.25, 0.3) is 0 Å². The van der Waals surface area contributed by atoms with Crippen LogP contribution in [0.5, 0.6) is 5.75 Å². The molecule has 26 heavy (non-hydrogen) atoms. The fourth-order valence-corrected chi connectivity index (χ4v) is 3.45. The normalized spacial score (nSPS) is 21.3. The van der Waals surface area contributed by atoms with E-state index >= 15 is 0 Å². The molecule has 1 fully saturated rings. The Labute approximate surface area is 154 Å². The molecule has 0 radical (unpaired) electrons. The number of nitrogens with two attached hydrogens (primary N) is 1. The first-order valence-electron chi connectivity index (χ1n) is 8.93. The molecular formula is C21H26N2O3. The van der Waals surface area contributed by atoms with Crippen LogP contribution < -0.4 is 10.5 Å². The van der Waals surface area contributed by atoms with Gasteiger partial charge in [-0.1, -0.05) is 42.5 Å². The summed E-state index contributed by atoms with van der Waals surface area (Å²) in [6, 6.07) is 18.5. The first-order chi connectivity index (χ1) is 12.6. The van der Waals surface area contributed by atoms with Gasteiger partial charge in [-0.05, 0) is 30.2 Å². The van der Waals surface area contributed by atoms with Gasteiger partial charge in [-0.15, -0.1) is 0 Å². The molecular weight excluding hydrogens is 328 g/mol. The van der Waals surface area contributed by atoms with E-state index in [0.717, 1.165) is 19.6 Å². The largest absolute Gasteiger partial charge is 0.479 e. The van der Waals surface area contributed by atoms with Crippen LogP contribution >= 0.6 is 0 Å². The number of esters is 1. The Morgan fingerprint density at radius 3 is 2.50 bits per heavy atom. The van der Waals surface area contributed by atoms with Gasteiger partial charge in [0, 0.05) is 31.6 Å². The van der Waals surface area contributed by atoms with Crippen LogP contribution in [0, 0.1) is 0 Å². The predicted octanol–water partition coefficient (Wildman–Crippen LogP) is 2.55. The van der Waals surface area contributed by atoms with Gasteiger partial charge in [0.1, 0.15) is 5.75 Å². The van der Waals surface area contributed by atoms with Gasteiger partial charge in [-0.25, -0.2) is 4.79 Å². The minimum absolute atomic E-state index is 0.154. The summed E-state index contributed by atoms with van der Waals surface area (Å²) in [5.41, 5.74) is 8.88. The molecule has 0 aliphatic carbocycles. The third-order valence-electron chi connectivity index (χ3n) is 4.84. The Morgan fingerprint density at radius 2 is 1.85 bits per heavy atom. The maximum atomic E-state index is 11.4. The standard InChI is InChI=1S/C21H26N2O3/c1-15(21(24)25-2)26-18-10-8-16(9-11-18)12-23-13-19(20(22)14-23)17-6-4-3-5-7-17/h3-11,15,19-20H,12-14,22H2,1-2H3/t15?,19-,20+/m0/s1. The maximum Gasteiger partial charge on any atom is 0.346 e. The summed E-state index contributed by atoms with van der Waals surface area (Å²) < 4.78 is 10.2. The fourth-order valence-electron chi connectivity index (χ4n) is 3.45. The number of methoxy groups -OCH3 is 1. The van der Waals surface area contributed by atoms with Crippen LogP contribution in [0.2, 0.25) is 0 Å². The summed E-state index contributed by atoms with van der Waals surface area (Å²) in [5, 5.41) is 0. The zero-order valence-electron chi connectivity index (χ0n) is 15.3. The van der Waals surface area contributed by atoms with Crippen molar-refractivity contribution in [3.05, 3.63) is 65.7 Å². The summed E-state index contributed by atoms with van der Waals surface area (Å²) in [6.45, 7) is 4.37. The van der Waals surface area contributed by atoms with Crippen LogP contribution in [0.15, 0.2) is 54.6 Å². The van der Waals surface area contributed by atoms with Gasteiger partial charge in [0.25, 0.3) is 0 Å². The molecule has 2 aromatic carbocycles. The first kappa shape index (κ1) is 18.4. The van der Waals surface area contributed by atoms with Crippen molar-refractivity contribution in [3.63, 3.8) is 0 Å². The van der Waals surface area contributed by atoms with Crippen molar-refractivity contribution < 1.29 is 14.3 Å². The van der Waals surface area contributed by atoms with E-state index in [-0.39, 0.29) is 12.0 Å². The molecule has 1 heterocycles. The van der Waals surface area contributed by atoms with Crippen molar-refractivity contribution in [1.29, 1.82) is 0 Å². The van der Waals surface area contributed by atoms with Crippen LogP contribution in [-0.4, -0.2) is 43.2 Å². The SMILES string of the molecule is COC(=O)C(C)Oc1ccc(CN2C[C@@H](N)[C@H](c3ccccc3)C2)cc1. The van der Waals surface area contributed by atoms with Crippen LogP contribution in [-0.2, 0) is 16.1 Å². The van der Waals surface area contributed by atoms with Crippen molar-refractivity contribution >= 4 is 5.97 Å². The van der Waals surface area contributed by atoms with Gasteiger partial charge < -0.3 is 15.2 Å². The number of nitrogens with zero attached hydrogens (tertiary/aromatic N) is 1. The zero-order chi connectivity index (χ0) is 18.5. The third-order valence-corrected chi connectivity index (χ3v) is 4.84. The van der Waals surface area contributed by atoms with E-state index in [4.69, 9.17) is 10.5 Å². The van der Waals surface area contributed by atoms with E-state index in [2.05, 4.69) is 33.9 Å². The predicted molar refractivity (Wildman–Crippen MR) is 101 cm³/mol.